The molecule has 1 N–H and O–H groups in total. The summed E-state index contributed by atoms with van der Waals surface area (Å²) in [5.41, 5.74) is -0.835. The zero-order chi connectivity index (χ0) is 15.5. The first kappa shape index (κ1) is 15.9. The van der Waals surface area contributed by atoms with Gasteiger partial charge in [0.15, 0.2) is 0 Å². The average Bonchev–Trinajstić information content (AvgIpc) is 2.47. The molecule has 7 heteroatoms. The Bertz CT molecular complexity index is 595. The van der Waals surface area contributed by atoms with Crippen LogP contribution < -0.4 is 0 Å². The third-order valence-corrected chi connectivity index (χ3v) is 6.17. The Hall–Kier alpha value is -1.47. The Balaban J connectivity index is 2.38. The van der Waals surface area contributed by atoms with Gasteiger partial charge in [0, 0.05) is 25.0 Å². The zero-order valence-corrected chi connectivity index (χ0v) is 12.8. The van der Waals surface area contributed by atoms with Crippen molar-refractivity contribution in [1.82, 2.24) is 9.29 Å². The van der Waals surface area contributed by atoms with Gasteiger partial charge in [-0.1, -0.05) is 19.3 Å². The van der Waals surface area contributed by atoms with Gasteiger partial charge in [-0.2, -0.15) is 4.31 Å². The van der Waals surface area contributed by atoms with Crippen molar-refractivity contribution in [2.75, 3.05) is 7.05 Å². The average molecular weight is 312 g/mol. The fourth-order valence-electron chi connectivity index (χ4n) is 3.01. The first-order valence-electron chi connectivity index (χ1n) is 6.99. The van der Waals surface area contributed by atoms with Crippen molar-refractivity contribution in [3.63, 3.8) is 0 Å². The molecule has 0 unspecified atom stereocenters. The second-order valence-corrected chi connectivity index (χ2v) is 7.49. The van der Waals surface area contributed by atoms with Crippen molar-refractivity contribution < 1.29 is 18.3 Å². The number of sulfonamides is 1. The predicted molar refractivity (Wildman–Crippen MR) is 77.3 cm³/mol. The summed E-state index contributed by atoms with van der Waals surface area (Å²) >= 11 is 0. The molecule has 1 aromatic heterocycles. The van der Waals surface area contributed by atoms with E-state index in [0.717, 1.165) is 19.3 Å². The molecule has 0 aliphatic heterocycles. The summed E-state index contributed by atoms with van der Waals surface area (Å²) in [5.74, 6) is -0.967. The quantitative estimate of drug-likeness (QED) is 0.897. The Morgan fingerprint density at radius 1 is 1.38 bits per heavy atom. The van der Waals surface area contributed by atoms with Crippen molar-refractivity contribution >= 4 is 16.0 Å². The number of nitrogens with zero attached hydrogens (tertiary/aromatic N) is 2. The van der Waals surface area contributed by atoms with E-state index in [4.69, 9.17) is 0 Å². The van der Waals surface area contributed by atoms with Crippen LogP contribution in [0.5, 0.6) is 0 Å². The number of carboxylic acid groups (broad SMARTS) is 1. The van der Waals surface area contributed by atoms with Crippen LogP contribution in [0, 0.1) is 0 Å². The number of hydrogen-bond acceptors (Lipinski definition) is 4. The van der Waals surface area contributed by atoms with E-state index >= 15 is 0 Å². The summed E-state index contributed by atoms with van der Waals surface area (Å²) in [6.07, 6.45) is 6.51. The van der Waals surface area contributed by atoms with Gasteiger partial charge >= 0.3 is 5.97 Å². The molecule has 1 heterocycles. The van der Waals surface area contributed by atoms with Crippen LogP contribution in [0.3, 0.4) is 0 Å². The summed E-state index contributed by atoms with van der Waals surface area (Å²) in [6, 6.07) is 3.04. The first-order chi connectivity index (χ1) is 9.88. The maximum atomic E-state index is 12.7. The van der Waals surface area contributed by atoms with E-state index < -0.39 is 21.5 Å². The predicted octanol–water partition coefficient (Wildman–Crippen LogP) is 1.88. The van der Waals surface area contributed by atoms with Gasteiger partial charge in [0.25, 0.3) is 0 Å². The Labute approximate surface area is 124 Å². The van der Waals surface area contributed by atoms with Gasteiger partial charge in [0.2, 0.25) is 10.0 Å². The van der Waals surface area contributed by atoms with Crippen molar-refractivity contribution in [2.24, 2.45) is 0 Å². The van der Waals surface area contributed by atoms with Gasteiger partial charge in [0.1, 0.15) is 4.90 Å². The molecule has 2 rings (SSSR count). The van der Waals surface area contributed by atoms with Gasteiger partial charge in [-0.05, 0) is 25.0 Å². The monoisotopic (exact) mass is 312 g/mol. The number of carbonyl (C=O) groups is 1. The zero-order valence-electron chi connectivity index (χ0n) is 12.0. The molecular weight excluding hydrogens is 292 g/mol. The molecule has 0 saturated heterocycles. The fraction of sp³-hybridized carbons (Fsp3) is 0.571. The van der Waals surface area contributed by atoms with E-state index in [1.807, 2.05) is 0 Å². The molecule has 0 amide bonds. The Morgan fingerprint density at radius 2 is 2.05 bits per heavy atom. The van der Waals surface area contributed by atoms with Crippen LogP contribution in [-0.4, -0.2) is 41.4 Å². The second kappa shape index (κ2) is 6.11. The summed E-state index contributed by atoms with van der Waals surface area (Å²) in [5, 5.41) is 9.18. The summed E-state index contributed by atoms with van der Waals surface area (Å²) < 4.78 is 26.7. The maximum absolute atomic E-state index is 12.7. The molecule has 116 valence electrons. The van der Waals surface area contributed by atoms with Crippen LogP contribution in [0.1, 0.15) is 38.5 Å². The lowest BCUT2D eigenvalue weighted by atomic mass is 9.79. The van der Waals surface area contributed by atoms with Crippen molar-refractivity contribution in [2.45, 2.75) is 49.0 Å². The first-order valence-corrected chi connectivity index (χ1v) is 8.43. The third-order valence-electron chi connectivity index (χ3n) is 4.23. The number of aromatic nitrogens is 1. The molecule has 0 radical (unpaired) electrons. The molecule has 21 heavy (non-hydrogen) atoms. The second-order valence-electron chi connectivity index (χ2n) is 5.52. The van der Waals surface area contributed by atoms with Gasteiger partial charge in [-0.15, -0.1) is 0 Å². The fourth-order valence-corrected chi connectivity index (χ4v) is 4.52. The molecule has 0 aromatic carbocycles. The standard InChI is InChI=1S/C14H20N2O4S/c1-16(21(19,20)12-6-5-9-15-11-12)14(10-13(17)18)7-3-2-4-8-14/h5-6,9,11H,2-4,7-8,10H2,1H3,(H,17,18). The Morgan fingerprint density at radius 3 is 2.57 bits per heavy atom. The number of rotatable bonds is 5. The van der Waals surface area contributed by atoms with Gasteiger partial charge in [-0.3, -0.25) is 9.78 Å². The van der Waals surface area contributed by atoms with Crippen LogP contribution >= 0.6 is 0 Å². The maximum Gasteiger partial charge on any atom is 0.305 e. The van der Waals surface area contributed by atoms with Crippen LogP contribution in [0.2, 0.25) is 0 Å². The Kier molecular flexibility index (Phi) is 4.63. The van der Waals surface area contributed by atoms with Gasteiger partial charge < -0.3 is 5.11 Å². The van der Waals surface area contributed by atoms with Gasteiger partial charge in [-0.25, -0.2) is 8.42 Å². The molecule has 1 fully saturated rings. The van der Waals surface area contributed by atoms with Crippen LogP contribution in [0.15, 0.2) is 29.4 Å². The number of aliphatic carboxylic acids is 1. The molecule has 6 nitrogen and oxygen atoms in total. The highest BCUT2D eigenvalue weighted by Crippen LogP contribution is 2.38. The SMILES string of the molecule is CN(C1(CC(=O)O)CCCCC1)S(=O)(=O)c1cccnc1. The molecule has 1 aliphatic rings. The normalized spacial score (nSPS) is 18.6. The highest BCUT2D eigenvalue weighted by Gasteiger charge is 2.44. The number of pyridine rings is 1. The van der Waals surface area contributed by atoms with Crippen LogP contribution in [0.4, 0.5) is 0 Å². The minimum Gasteiger partial charge on any atom is -0.481 e. The van der Waals surface area contributed by atoms with E-state index in [9.17, 15) is 18.3 Å². The van der Waals surface area contributed by atoms with E-state index in [1.54, 1.807) is 6.07 Å². The molecule has 1 aromatic rings. The van der Waals surface area contributed by atoms with Crippen LogP contribution in [0.25, 0.3) is 0 Å². The molecular formula is C14H20N2O4S. The van der Waals surface area contributed by atoms with Crippen molar-refractivity contribution in [1.29, 1.82) is 0 Å². The largest absolute Gasteiger partial charge is 0.481 e. The van der Waals surface area contributed by atoms with E-state index in [0.29, 0.717) is 12.8 Å². The lowest BCUT2D eigenvalue weighted by molar-refractivity contribution is -0.140. The summed E-state index contributed by atoms with van der Waals surface area (Å²) in [7, 11) is -2.25. The minimum absolute atomic E-state index is 0.0998. The number of hydrogen-bond donors (Lipinski definition) is 1. The molecule has 1 saturated carbocycles. The summed E-state index contributed by atoms with van der Waals surface area (Å²) in [6.45, 7) is 0. The topological polar surface area (TPSA) is 87.6 Å². The van der Waals surface area contributed by atoms with E-state index in [2.05, 4.69) is 4.98 Å². The highest BCUT2D eigenvalue weighted by atomic mass is 32.2. The minimum atomic E-state index is -3.74. The summed E-state index contributed by atoms with van der Waals surface area (Å²) in [4.78, 5) is 15.1. The highest BCUT2D eigenvalue weighted by molar-refractivity contribution is 7.89. The van der Waals surface area contributed by atoms with Crippen LogP contribution in [-0.2, 0) is 14.8 Å². The van der Waals surface area contributed by atoms with E-state index in [1.165, 1.54) is 29.8 Å². The third kappa shape index (κ3) is 3.24. The van der Waals surface area contributed by atoms with Gasteiger partial charge in [0.05, 0.1) is 6.42 Å². The molecule has 1 aliphatic carbocycles. The smallest absolute Gasteiger partial charge is 0.305 e. The molecule has 0 bridgehead atoms. The van der Waals surface area contributed by atoms with Crippen molar-refractivity contribution in [3.8, 4) is 0 Å². The number of carboxylic acids is 1. The van der Waals surface area contributed by atoms with Crippen molar-refractivity contribution in [3.05, 3.63) is 24.5 Å². The van der Waals surface area contributed by atoms with E-state index in [-0.39, 0.29) is 11.3 Å². The lowest BCUT2D eigenvalue weighted by Gasteiger charge is -2.42. The molecule has 0 atom stereocenters. The molecule has 0 spiro atoms. The lowest BCUT2D eigenvalue weighted by Crippen LogP contribution is -2.51.